The van der Waals surface area contributed by atoms with Crippen molar-refractivity contribution in [3.63, 3.8) is 0 Å². The fraction of sp³-hybridized carbons (Fsp3) is 0.667. The molecule has 0 bridgehead atoms. The van der Waals surface area contributed by atoms with Gasteiger partial charge in [0.2, 0.25) is 0 Å². The van der Waals surface area contributed by atoms with E-state index in [1.807, 2.05) is 6.07 Å². The second-order valence-corrected chi connectivity index (χ2v) is 7.54. The predicted molar refractivity (Wildman–Crippen MR) is 84.6 cm³/mol. The van der Waals surface area contributed by atoms with Gasteiger partial charge in [0.05, 0.1) is 5.60 Å². The molecule has 0 amide bonds. The number of rotatable bonds is 5. The average molecular weight is 289 g/mol. The van der Waals surface area contributed by atoms with Gasteiger partial charge in [0, 0.05) is 24.6 Å². The SMILES string of the molecule is CC1(C)CC(Oc2ccccc2CNC2CC2)C(C)(C)O1. The van der Waals surface area contributed by atoms with Gasteiger partial charge in [-0.05, 0) is 46.6 Å². The first-order valence-corrected chi connectivity index (χ1v) is 8.04. The summed E-state index contributed by atoms with van der Waals surface area (Å²) in [5.74, 6) is 0.991. The minimum absolute atomic E-state index is 0.0922. The lowest BCUT2D eigenvalue weighted by Gasteiger charge is -2.28. The molecule has 1 aromatic carbocycles. The van der Waals surface area contributed by atoms with Crippen LogP contribution in [0.5, 0.6) is 5.75 Å². The Morgan fingerprint density at radius 3 is 2.52 bits per heavy atom. The van der Waals surface area contributed by atoms with Gasteiger partial charge in [-0.2, -0.15) is 0 Å². The average Bonchev–Trinajstić information content (AvgIpc) is 3.16. The molecule has 1 N–H and O–H groups in total. The predicted octanol–water partition coefficient (Wildman–Crippen LogP) is 3.66. The molecular formula is C18H27NO2. The van der Waals surface area contributed by atoms with Gasteiger partial charge in [-0.25, -0.2) is 0 Å². The Kier molecular flexibility index (Phi) is 3.74. The van der Waals surface area contributed by atoms with Gasteiger partial charge < -0.3 is 14.8 Å². The summed E-state index contributed by atoms with van der Waals surface area (Å²) in [6.45, 7) is 9.41. The van der Waals surface area contributed by atoms with Crippen LogP contribution in [-0.4, -0.2) is 23.3 Å². The normalized spacial score (nSPS) is 26.8. The highest BCUT2D eigenvalue weighted by Gasteiger charge is 2.47. The van der Waals surface area contributed by atoms with Crippen LogP contribution in [0, 0.1) is 0 Å². The molecule has 21 heavy (non-hydrogen) atoms. The van der Waals surface area contributed by atoms with Crippen molar-refractivity contribution in [3.05, 3.63) is 29.8 Å². The Morgan fingerprint density at radius 1 is 1.19 bits per heavy atom. The van der Waals surface area contributed by atoms with E-state index in [4.69, 9.17) is 9.47 Å². The Bertz CT molecular complexity index is 506. The largest absolute Gasteiger partial charge is 0.487 e. The summed E-state index contributed by atoms with van der Waals surface area (Å²) in [7, 11) is 0. The zero-order chi connectivity index (χ0) is 15.1. The zero-order valence-electron chi connectivity index (χ0n) is 13.6. The van der Waals surface area contributed by atoms with Crippen LogP contribution in [0.15, 0.2) is 24.3 Å². The van der Waals surface area contributed by atoms with E-state index in [9.17, 15) is 0 Å². The van der Waals surface area contributed by atoms with Gasteiger partial charge in [-0.1, -0.05) is 18.2 Å². The minimum atomic E-state index is -0.249. The Labute approximate surface area is 128 Å². The molecule has 0 radical (unpaired) electrons. The standard InChI is InChI=1S/C18H27NO2/c1-17(2)11-16(18(3,4)21-17)20-15-8-6-5-7-13(15)12-19-14-9-10-14/h5-8,14,16,19H,9-12H2,1-4H3. The van der Waals surface area contributed by atoms with Crippen molar-refractivity contribution in [2.45, 2.75) is 76.9 Å². The third kappa shape index (κ3) is 3.58. The summed E-state index contributed by atoms with van der Waals surface area (Å²) < 4.78 is 12.5. The lowest BCUT2D eigenvalue weighted by Crippen LogP contribution is -2.37. The van der Waals surface area contributed by atoms with Crippen molar-refractivity contribution in [1.29, 1.82) is 0 Å². The van der Waals surface area contributed by atoms with E-state index < -0.39 is 0 Å². The monoisotopic (exact) mass is 289 g/mol. The number of hydrogen-bond donors (Lipinski definition) is 1. The smallest absolute Gasteiger partial charge is 0.130 e. The minimum Gasteiger partial charge on any atom is -0.487 e. The summed E-state index contributed by atoms with van der Waals surface area (Å²) in [5.41, 5.74) is 0.875. The van der Waals surface area contributed by atoms with Crippen LogP contribution in [0.1, 0.15) is 52.5 Å². The van der Waals surface area contributed by atoms with Crippen molar-refractivity contribution >= 4 is 0 Å². The van der Waals surface area contributed by atoms with Gasteiger partial charge in [0.1, 0.15) is 17.5 Å². The third-order valence-corrected chi connectivity index (χ3v) is 4.39. The Morgan fingerprint density at radius 2 is 1.90 bits per heavy atom. The van der Waals surface area contributed by atoms with E-state index in [0.717, 1.165) is 18.7 Å². The van der Waals surface area contributed by atoms with E-state index in [-0.39, 0.29) is 17.3 Å². The van der Waals surface area contributed by atoms with Gasteiger partial charge >= 0.3 is 0 Å². The second-order valence-electron chi connectivity index (χ2n) is 7.54. The van der Waals surface area contributed by atoms with E-state index in [2.05, 4.69) is 51.2 Å². The number of para-hydroxylation sites is 1. The van der Waals surface area contributed by atoms with Crippen LogP contribution in [0.2, 0.25) is 0 Å². The molecular weight excluding hydrogens is 262 g/mol. The van der Waals surface area contributed by atoms with Crippen molar-refractivity contribution in [1.82, 2.24) is 5.32 Å². The summed E-state index contributed by atoms with van der Waals surface area (Å²) >= 11 is 0. The van der Waals surface area contributed by atoms with E-state index >= 15 is 0 Å². The summed E-state index contributed by atoms with van der Waals surface area (Å²) in [6, 6.07) is 9.06. The lowest BCUT2D eigenvalue weighted by molar-refractivity contribution is -0.0846. The van der Waals surface area contributed by atoms with Crippen molar-refractivity contribution in [3.8, 4) is 5.75 Å². The molecule has 1 saturated carbocycles. The molecule has 1 unspecified atom stereocenters. The fourth-order valence-electron chi connectivity index (χ4n) is 3.16. The zero-order valence-corrected chi connectivity index (χ0v) is 13.6. The van der Waals surface area contributed by atoms with Crippen LogP contribution in [0.4, 0.5) is 0 Å². The Balaban J connectivity index is 1.71. The van der Waals surface area contributed by atoms with Crippen molar-refractivity contribution in [2.75, 3.05) is 0 Å². The first kappa shape index (κ1) is 14.9. The van der Waals surface area contributed by atoms with Crippen LogP contribution >= 0.6 is 0 Å². The third-order valence-electron chi connectivity index (χ3n) is 4.39. The molecule has 116 valence electrons. The van der Waals surface area contributed by atoms with Crippen LogP contribution in [0.25, 0.3) is 0 Å². The molecule has 0 aromatic heterocycles. The van der Waals surface area contributed by atoms with Gasteiger partial charge in [-0.15, -0.1) is 0 Å². The maximum atomic E-state index is 6.35. The maximum Gasteiger partial charge on any atom is 0.130 e. The van der Waals surface area contributed by atoms with Crippen LogP contribution in [0.3, 0.4) is 0 Å². The molecule has 0 spiro atoms. The molecule has 2 fully saturated rings. The second kappa shape index (κ2) is 5.29. The molecule has 3 rings (SSSR count). The summed E-state index contributed by atoms with van der Waals surface area (Å²) in [4.78, 5) is 0. The maximum absolute atomic E-state index is 6.35. The first-order chi connectivity index (χ1) is 9.86. The Hall–Kier alpha value is -1.06. The van der Waals surface area contributed by atoms with E-state index in [0.29, 0.717) is 6.04 Å². The molecule has 1 heterocycles. The molecule has 1 aliphatic heterocycles. The molecule has 1 aromatic rings. The molecule has 1 saturated heterocycles. The summed E-state index contributed by atoms with van der Waals surface area (Å²) in [6.07, 6.45) is 3.63. The number of nitrogens with one attached hydrogen (secondary N) is 1. The van der Waals surface area contributed by atoms with Crippen LogP contribution in [-0.2, 0) is 11.3 Å². The van der Waals surface area contributed by atoms with Gasteiger partial charge in [-0.3, -0.25) is 0 Å². The number of ether oxygens (including phenoxy) is 2. The van der Waals surface area contributed by atoms with Crippen molar-refractivity contribution in [2.24, 2.45) is 0 Å². The number of benzene rings is 1. The summed E-state index contributed by atoms with van der Waals surface area (Å²) in [5, 5.41) is 3.56. The van der Waals surface area contributed by atoms with Gasteiger partial charge in [0.25, 0.3) is 0 Å². The highest BCUT2D eigenvalue weighted by atomic mass is 16.6. The molecule has 3 nitrogen and oxygen atoms in total. The molecule has 2 aliphatic rings. The molecule has 1 aliphatic carbocycles. The lowest BCUT2D eigenvalue weighted by atomic mass is 9.97. The fourth-order valence-corrected chi connectivity index (χ4v) is 3.16. The quantitative estimate of drug-likeness (QED) is 0.897. The highest BCUT2D eigenvalue weighted by molar-refractivity contribution is 5.34. The van der Waals surface area contributed by atoms with E-state index in [1.54, 1.807) is 0 Å². The molecule has 1 atom stereocenters. The molecule has 3 heteroatoms. The highest BCUT2D eigenvalue weighted by Crippen LogP contribution is 2.40. The van der Waals surface area contributed by atoms with Gasteiger partial charge in [0.15, 0.2) is 0 Å². The van der Waals surface area contributed by atoms with Crippen molar-refractivity contribution < 1.29 is 9.47 Å². The number of hydrogen-bond acceptors (Lipinski definition) is 3. The topological polar surface area (TPSA) is 30.5 Å². The van der Waals surface area contributed by atoms with E-state index in [1.165, 1.54) is 18.4 Å². The first-order valence-electron chi connectivity index (χ1n) is 8.04. The van der Waals surface area contributed by atoms with Crippen LogP contribution < -0.4 is 10.1 Å².